The highest BCUT2D eigenvalue weighted by molar-refractivity contribution is 6.35. The molecule has 1 rings (SSSR count). The second kappa shape index (κ2) is 7.72. The van der Waals surface area contributed by atoms with Crippen LogP contribution < -0.4 is 0 Å². The van der Waals surface area contributed by atoms with Crippen LogP contribution in [0, 0.1) is 0 Å². The van der Waals surface area contributed by atoms with Crippen molar-refractivity contribution in [2.45, 2.75) is 6.92 Å². The average molecular weight is 298 g/mol. The van der Waals surface area contributed by atoms with Crippen molar-refractivity contribution in [2.75, 3.05) is 27.2 Å². The van der Waals surface area contributed by atoms with E-state index in [1.807, 2.05) is 19.0 Å². The summed E-state index contributed by atoms with van der Waals surface area (Å²) in [6.07, 6.45) is 4.20. The van der Waals surface area contributed by atoms with Gasteiger partial charge in [-0.15, -0.1) is 0 Å². The molecule has 6 nitrogen and oxygen atoms in total. The summed E-state index contributed by atoms with van der Waals surface area (Å²) in [4.78, 5) is 33.6. The molecule has 20 heavy (non-hydrogen) atoms. The lowest BCUT2D eigenvalue weighted by molar-refractivity contribution is -0.138. The van der Waals surface area contributed by atoms with Crippen LogP contribution in [-0.4, -0.2) is 53.9 Å². The molecule has 0 bridgehead atoms. The largest absolute Gasteiger partial charge is 0.462 e. The number of hydrogen-bond acceptors (Lipinski definition) is 6. The molecule has 0 atom stereocenters. The molecule has 0 unspecified atom stereocenters. The van der Waals surface area contributed by atoms with E-state index in [0.29, 0.717) is 6.54 Å². The van der Waals surface area contributed by atoms with E-state index < -0.39 is 11.8 Å². The SMILES string of the molecule is CCOC(=O)/C(=C\CN(C)C)C(=O)c1nccnc1Cl. The minimum Gasteiger partial charge on any atom is -0.462 e. The van der Waals surface area contributed by atoms with E-state index in [1.54, 1.807) is 6.92 Å². The average Bonchev–Trinajstić information content (AvgIpc) is 2.39. The second-order valence-corrected chi connectivity index (χ2v) is 4.48. The number of aromatic nitrogens is 2. The first kappa shape index (κ1) is 16.3. The molecule has 0 aliphatic carbocycles. The van der Waals surface area contributed by atoms with Crippen molar-refractivity contribution >= 4 is 23.4 Å². The van der Waals surface area contributed by atoms with Gasteiger partial charge in [0.05, 0.1) is 6.61 Å². The molecule has 1 heterocycles. The molecule has 1 aromatic heterocycles. The van der Waals surface area contributed by atoms with Crippen LogP contribution >= 0.6 is 11.6 Å². The molecule has 0 aliphatic heterocycles. The zero-order chi connectivity index (χ0) is 15.1. The predicted octanol–water partition coefficient (Wildman–Crippen LogP) is 1.36. The number of rotatable bonds is 6. The summed E-state index contributed by atoms with van der Waals surface area (Å²) < 4.78 is 4.88. The highest BCUT2D eigenvalue weighted by Crippen LogP contribution is 2.15. The van der Waals surface area contributed by atoms with Crippen LogP contribution in [-0.2, 0) is 9.53 Å². The maximum atomic E-state index is 12.3. The number of halogens is 1. The standard InChI is InChI=1S/C13H16ClN3O3/c1-4-20-13(19)9(5-8-17(2)3)11(18)10-12(14)16-7-6-15-10/h5-7H,4,8H2,1-3H3/b9-5-. The maximum absolute atomic E-state index is 12.3. The van der Waals surface area contributed by atoms with Crippen LogP contribution in [0.15, 0.2) is 24.0 Å². The minimum atomic E-state index is -0.693. The van der Waals surface area contributed by atoms with Crippen molar-refractivity contribution in [3.8, 4) is 0 Å². The molecule has 108 valence electrons. The fourth-order valence-electron chi connectivity index (χ4n) is 1.35. The summed E-state index contributed by atoms with van der Waals surface area (Å²) in [5.74, 6) is -1.29. The second-order valence-electron chi connectivity index (χ2n) is 4.13. The number of carbonyl (C=O) groups excluding carboxylic acids is 2. The minimum absolute atomic E-state index is 0.0439. The molecule has 0 N–H and O–H groups in total. The summed E-state index contributed by atoms with van der Waals surface area (Å²) in [6.45, 7) is 2.26. The van der Waals surface area contributed by atoms with Crippen LogP contribution in [0.2, 0.25) is 5.15 Å². The van der Waals surface area contributed by atoms with Gasteiger partial charge in [0.1, 0.15) is 11.3 Å². The number of ketones is 1. The van der Waals surface area contributed by atoms with Crippen LogP contribution in [0.3, 0.4) is 0 Å². The van der Waals surface area contributed by atoms with E-state index in [4.69, 9.17) is 16.3 Å². The lowest BCUT2D eigenvalue weighted by Crippen LogP contribution is -2.20. The predicted molar refractivity (Wildman–Crippen MR) is 74.6 cm³/mol. The zero-order valence-corrected chi connectivity index (χ0v) is 12.3. The number of nitrogens with zero attached hydrogens (tertiary/aromatic N) is 3. The number of Topliss-reactive ketones (excluding diaryl/α,β-unsaturated/α-hetero) is 1. The van der Waals surface area contributed by atoms with Gasteiger partial charge in [-0.05, 0) is 21.0 Å². The molecule has 0 amide bonds. The fraction of sp³-hybridized carbons (Fsp3) is 0.385. The molecule has 0 saturated heterocycles. The Morgan fingerprint density at radius 1 is 1.35 bits per heavy atom. The van der Waals surface area contributed by atoms with E-state index in [1.165, 1.54) is 18.5 Å². The van der Waals surface area contributed by atoms with Gasteiger partial charge >= 0.3 is 5.97 Å². The first-order chi connectivity index (χ1) is 9.47. The van der Waals surface area contributed by atoms with Gasteiger partial charge in [-0.25, -0.2) is 14.8 Å². The maximum Gasteiger partial charge on any atom is 0.341 e. The van der Waals surface area contributed by atoms with Gasteiger partial charge in [0.25, 0.3) is 0 Å². The molecule has 1 aromatic rings. The van der Waals surface area contributed by atoms with E-state index in [0.717, 1.165) is 0 Å². The highest BCUT2D eigenvalue weighted by Gasteiger charge is 2.24. The molecular formula is C13H16ClN3O3. The molecule has 0 spiro atoms. The van der Waals surface area contributed by atoms with Crippen molar-refractivity contribution < 1.29 is 14.3 Å². The Balaban J connectivity index is 3.10. The summed E-state index contributed by atoms with van der Waals surface area (Å²) in [6, 6.07) is 0. The van der Waals surface area contributed by atoms with Crippen LogP contribution in [0.1, 0.15) is 17.4 Å². The topological polar surface area (TPSA) is 72.4 Å². The molecule has 0 saturated carbocycles. The molecule has 7 heteroatoms. The fourth-order valence-corrected chi connectivity index (χ4v) is 1.54. The third kappa shape index (κ3) is 4.40. The zero-order valence-electron chi connectivity index (χ0n) is 11.6. The summed E-state index contributed by atoms with van der Waals surface area (Å²) >= 11 is 5.82. The Labute approximate surface area is 122 Å². The van der Waals surface area contributed by atoms with E-state index in [9.17, 15) is 9.59 Å². The van der Waals surface area contributed by atoms with Crippen molar-refractivity contribution in [3.05, 3.63) is 34.9 Å². The molecule has 0 aliphatic rings. The third-order valence-corrected chi connectivity index (χ3v) is 2.55. The number of ether oxygens (including phenoxy) is 1. The Hall–Kier alpha value is -1.79. The summed E-state index contributed by atoms with van der Waals surface area (Å²) in [5, 5.41) is -0.0439. The lowest BCUT2D eigenvalue weighted by Gasteiger charge is -2.09. The van der Waals surface area contributed by atoms with Gasteiger partial charge in [0.15, 0.2) is 5.15 Å². The number of likely N-dealkylation sites (N-methyl/N-ethyl adjacent to an activating group) is 1. The molecule has 0 aromatic carbocycles. The Morgan fingerprint density at radius 2 is 2.00 bits per heavy atom. The first-order valence-corrected chi connectivity index (χ1v) is 6.38. The normalized spacial score (nSPS) is 11.6. The van der Waals surface area contributed by atoms with Gasteiger partial charge in [0.2, 0.25) is 5.78 Å². The van der Waals surface area contributed by atoms with Gasteiger partial charge in [-0.3, -0.25) is 4.79 Å². The molecule has 0 fully saturated rings. The van der Waals surface area contributed by atoms with Gasteiger partial charge in [-0.1, -0.05) is 17.7 Å². The quantitative estimate of drug-likeness (QED) is 0.260. The van der Waals surface area contributed by atoms with Gasteiger partial charge < -0.3 is 9.64 Å². The monoisotopic (exact) mass is 297 g/mol. The number of hydrogen-bond donors (Lipinski definition) is 0. The van der Waals surface area contributed by atoms with Crippen LogP contribution in [0.25, 0.3) is 0 Å². The third-order valence-electron chi connectivity index (χ3n) is 2.27. The van der Waals surface area contributed by atoms with E-state index in [-0.39, 0.29) is 23.0 Å². The van der Waals surface area contributed by atoms with E-state index in [2.05, 4.69) is 9.97 Å². The molecule has 0 radical (unpaired) electrons. The number of esters is 1. The smallest absolute Gasteiger partial charge is 0.341 e. The highest BCUT2D eigenvalue weighted by atomic mass is 35.5. The summed E-state index contributed by atoms with van der Waals surface area (Å²) in [7, 11) is 3.64. The van der Waals surface area contributed by atoms with Crippen molar-refractivity contribution in [2.24, 2.45) is 0 Å². The first-order valence-electron chi connectivity index (χ1n) is 6.00. The van der Waals surface area contributed by atoms with Crippen LogP contribution in [0.5, 0.6) is 0 Å². The lowest BCUT2D eigenvalue weighted by atomic mass is 10.1. The van der Waals surface area contributed by atoms with E-state index >= 15 is 0 Å². The molecular weight excluding hydrogens is 282 g/mol. The Morgan fingerprint density at radius 3 is 2.55 bits per heavy atom. The number of carbonyl (C=O) groups is 2. The van der Waals surface area contributed by atoms with Crippen molar-refractivity contribution in [1.82, 2.24) is 14.9 Å². The van der Waals surface area contributed by atoms with Crippen LogP contribution in [0.4, 0.5) is 0 Å². The van der Waals surface area contributed by atoms with Gasteiger partial charge in [-0.2, -0.15) is 0 Å². The van der Waals surface area contributed by atoms with Gasteiger partial charge in [0, 0.05) is 18.9 Å². The Bertz CT molecular complexity index is 529. The van der Waals surface area contributed by atoms with Crippen molar-refractivity contribution in [1.29, 1.82) is 0 Å². The Kier molecular flexibility index (Phi) is 6.27. The summed E-state index contributed by atoms with van der Waals surface area (Å²) in [5.41, 5.74) is -0.157. The van der Waals surface area contributed by atoms with Crippen molar-refractivity contribution in [3.63, 3.8) is 0 Å².